The first kappa shape index (κ1) is 14.4. The van der Waals surface area contributed by atoms with Crippen molar-refractivity contribution in [3.8, 4) is 0 Å². The molecule has 0 aliphatic carbocycles. The number of amides is 1. The molecule has 0 saturated heterocycles. The Morgan fingerprint density at radius 3 is 2.67 bits per heavy atom. The van der Waals surface area contributed by atoms with Gasteiger partial charge in [-0.2, -0.15) is 0 Å². The SMILES string of the molecule is CCCC[C@H](N)C(=O)NC(C)COCC. The Labute approximate surface area is 92.6 Å². The van der Waals surface area contributed by atoms with Crippen LogP contribution in [0.1, 0.15) is 40.0 Å². The summed E-state index contributed by atoms with van der Waals surface area (Å²) in [4.78, 5) is 11.5. The van der Waals surface area contributed by atoms with E-state index >= 15 is 0 Å². The largest absolute Gasteiger partial charge is 0.380 e. The third kappa shape index (κ3) is 7.33. The standard InChI is InChI=1S/C11H24N2O2/c1-4-6-7-10(12)11(14)13-9(3)8-15-5-2/h9-10H,4-8,12H2,1-3H3,(H,13,14)/t9?,10-/m0/s1. The zero-order valence-corrected chi connectivity index (χ0v) is 10.1. The molecule has 0 aromatic carbocycles. The number of nitrogens with one attached hydrogen (secondary N) is 1. The van der Waals surface area contributed by atoms with Crippen LogP contribution in [0.3, 0.4) is 0 Å². The van der Waals surface area contributed by atoms with Crippen molar-refractivity contribution in [2.24, 2.45) is 5.73 Å². The zero-order valence-electron chi connectivity index (χ0n) is 10.1. The summed E-state index contributed by atoms with van der Waals surface area (Å²) in [5.41, 5.74) is 5.73. The molecule has 0 radical (unpaired) electrons. The molecule has 0 aromatic rings. The molecule has 0 saturated carbocycles. The summed E-state index contributed by atoms with van der Waals surface area (Å²) in [5, 5.41) is 2.83. The van der Waals surface area contributed by atoms with Crippen LogP contribution in [0, 0.1) is 0 Å². The average molecular weight is 216 g/mol. The molecule has 3 N–H and O–H groups in total. The molecule has 0 heterocycles. The summed E-state index contributed by atoms with van der Waals surface area (Å²) in [6.45, 7) is 7.15. The van der Waals surface area contributed by atoms with Crippen LogP contribution in [0.4, 0.5) is 0 Å². The minimum absolute atomic E-state index is 0.0325. The number of nitrogens with two attached hydrogens (primary N) is 1. The van der Waals surface area contributed by atoms with Crippen molar-refractivity contribution in [2.45, 2.75) is 52.1 Å². The van der Waals surface area contributed by atoms with E-state index in [2.05, 4.69) is 12.2 Å². The van der Waals surface area contributed by atoms with Gasteiger partial charge in [-0.1, -0.05) is 19.8 Å². The van der Waals surface area contributed by atoms with Crippen molar-refractivity contribution in [1.29, 1.82) is 0 Å². The number of hydrogen-bond acceptors (Lipinski definition) is 3. The van der Waals surface area contributed by atoms with E-state index in [1.807, 2.05) is 13.8 Å². The van der Waals surface area contributed by atoms with Gasteiger partial charge in [-0.25, -0.2) is 0 Å². The molecule has 0 aliphatic heterocycles. The second kappa shape index (κ2) is 8.68. The molecule has 0 fully saturated rings. The average Bonchev–Trinajstić information content (AvgIpc) is 2.22. The molecule has 15 heavy (non-hydrogen) atoms. The van der Waals surface area contributed by atoms with Crippen molar-refractivity contribution >= 4 is 5.91 Å². The Hall–Kier alpha value is -0.610. The second-order valence-electron chi connectivity index (χ2n) is 3.82. The van der Waals surface area contributed by atoms with Gasteiger partial charge in [0.1, 0.15) is 0 Å². The van der Waals surface area contributed by atoms with Crippen LogP contribution < -0.4 is 11.1 Å². The Kier molecular flexibility index (Phi) is 8.33. The summed E-state index contributed by atoms with van der Waals surface area (Å²) < 4.78 is 5.20. The maximum atomic E-state index is 11.5. The number of rotatable bonds is 8. The third-order valence-electron chi connectivity index (χ3n) is 2.17. The predicted molar refractivity (Wildman–Crippen MR) is 61.6 cm³/mol. The van der Waals surface area contributed by atoms with Crippen molar-refractivity contribution in [3.05, 3.63) is 0 Å². The number of unbranched alkanes of at least 4 members (excludes halogenated alkanes) is 1. The first-order valence-electron chi connectivity index (χ1n) is 5.75. The van der Waals surface area contributed by atoms with E-state index in [4.69, 9.17) is 10.5 Å². The molecule has 0 bridgehead atoms. The lowest BCUT2D eigenvalue weighted by molar-refractivity contribution is -0.123. The van der Waals surface area contributed by atoms with E-state index < -0.39 is 0 Å². The summed E-state index contributed by atoms with van der Waals surface area (Å²) in [7, 11) is 0. The lowest BCUT2D eigenvalue weighted by Crippen LogP contribution is -2.45. The van der Waals surface area contributed by atoms with Gasteiger partial charge in [0.15, 0.2) is 0 Å². The molecule has 1 unspecified atom stereocenters. The van der Waals surface area contributed by atoms with E-state index in [9.17, 15) is 4.79 Å². The van der Waals surface area contributed by atoms with Gasteiger partial charge in [0.05, 0.1) is 12.6 Å². The van der Waals surface area contributed by atoms with Crippen molar-refractivity contribution < 1.29 is 9.53 Å². The first-order valence-corrected chi connectivity index (χ1v) is 5.75. The van der Waals surface area contributed by atoms with Gasteiger partial charge >= 0.3 is 0 Å². The second-order valence-corrected chi connectivity index (χ2v) is 3.82. The zero-order chi connectivity index (χ0) is 11.7. The minimum Gasteiger partial charge on any atom is -0.380 e. The van der Waals surface area contributed by atoms with Gasteiger partial charge < -0.3 is 15.8 Å². The van der Waals surface area contributed by atoms with E-state index in [-0.39, 0.29) is 18.0 Å². The molecule has 4 heteroatoms. The van der Waals surface area contributed by atoms with Crippen LogP contribution >= 0.6 is 0 Å². The highest BCUT2D eigenvalue weighted by molar-refractivity contribution is 5.81. The number of ether oxygens (including phenoxy) is 1. The van der Waals surface area contributed by atoms with E-state index in [1.165, 1.54) is 0 Å². The lowest BCUT2D eigenvalue weighted by Gasteiger charge is -2.17. The summed E-state index contributed by atoms with van der Waals surface area (Å²) in [6, 6.07) is -0.348. The van der Waals surface area contributed by atoms with Gasteiger partial charge in [0.2, 0.25) is 5.91 Å². The highest BCUT2D eigenvalue weighted by atomic mass is 16.5. The van der Waals surface area contributed by atoms with Crippen molar-refractivity contribution in [2.75, 3.05) is 13.2 Å². The molecule has 0 rings (SSSR count). The van der Waals surface area contributed by atoms with Crippen LogP contribution in [0.25, 0.3) is 0 Å². The van der Waals surface area contributed by atoms with Gasteiger partial charge in [-0.05, 0) is 20.3 Å². The fourth-order valence-electron chi connectivity index (χ4n) is 1.24. The molecule has 1 amide bonds. The minimum atomic E-state index is -0.381. The van der Waals surface area contributed by atoms with Gasteiger partial charge in [-0.3, -0.25) is 4.79 Å². The Morgan fingerprint density at radius 2 is 2.13 bits per heavy atom. The maximum absolute atomic E-state index is 11.5. The van der Waals surface area contributed by atoms with Crippen LogP contribution in [0.15, 0.2) is 0 Å². The monoisotopic (exact) mass is 216 g/mol. The molecule has 0 spiro atoms. The van der Waals surface area contributed by atoms with Crippen LogP contribution in [-0.4, -0.2) is 31.2 Å². The third-order valence-corrected chi connectivity index (χ3v) is 2.17. The summed E-state index contributed by atoms with van der Waals surface area (Å²) in [5.74, 6) is -0.0735. The molecule has 0 aliphatic rings. The van der Waals surface area contributed by atoms with Gasteiger partial charge in [0.25, 0.3) is 0 Å². The quantitative estimate of drug-likeness (QED) is 0.637. The molecule has 0 aromatic heterocycles. The topological polar surface area (TPSA) is 64.4 Å². The Balaban J connectivity index is 3.70. The number of carbonyl (C=O) groups excluding carboxylic acids is 1. The van der Waals surface area contributed by atoms with Crippen LogP contribution in [0.2, 0.25) is 0 Å². The van der Waals surface area contributed by atoms with Crippen molar-refractivity contribution in [3.63, 3.8) is 0 Å². The Morgan fingerprint density at radius 1 is 1.47 bits per heavy atom. The van der Waals surface area contributed by atoms with E-state index in [0.29, 0.717) is 13.2 Å². The molecular weight excluding hydrogens is 192 g/mol. The fourth-order valence-corrected chi connectivity index (χ4v) is 1.24. The van der Waals surface area contributed by atoms with E-state index in [0.717, 1.165) is 19.3 Å². The molecule has 90 valence electrons. The highest BCUT2D eigenvalue weighted by Crippen LogP contribution is 1.98. The molecule has 4 nitrogen and oxygen atoms in total. The normalized spacial score (nSPS) is 14.7. The van der Waals surface area contributed by atoms with Crippen LogP contribution in [0.5, 0.6) is 0 Å². The summed E-state index contributed by atoms with van der Waals surface area (Å²) in [6.07, 6.45) is 2.81. The lowest BCUT2D eigenvalue weighted by atomic mass is 10.1. The molecular formula is C11H24N2O2. The smallest absolute Gasteiger partial charge is 0.237 e. The summed E-state index contributed by atoms with van der Waals surface area (Å²) >= 11 is 0. The Bertz CT molecular complexity index is 174. The number of carbonyl (C=O) groups is 1. The molecule has 2 atom stereocenters. The highest BCUT2D eigenvalue weighted by Gasteiger charge is 2.14. The van der Waals surface area contributed by atoms with Gasteiger partial charge in [-0.15, -0.1) is 0 Å². The predicted octanol–water partition coefficient (Wildman–Crippen LogP) is 1.05. The van der Waals surface area contributed by atoms with Gasteiger partial charge in [0, 0.05) is 12.6 Å². The fraction of sp³-hybridized carbons (Fsp3) is 0.909. The van der Waals surface area contributed by atoms with E-state index in [1.54, 1.807) is 0 Å². The first-order chi connectivity index (χ1) is 7.11. The van der Waals surface area contributed by atoms with Crippen LogP contribution in [-0.2, 0) is 9.53 Å². The van der Waals surface area contributed by atoms with Crippen molar-refractivity contribution in [1.82, 2.24) is 5.32 Å². The maximum Gasteiger partial charge on any atom is 0.237 e. The number of hydrogen-bond donors (Lipinski definition) is 2.